The van der Waals surface area contributed by atoms with E-state index in [-0.39, 0.29) is 18.1 Å². The van der Waals surface area contributed by atoms with E-state index in [1.165, 1.54) is 0 Å². The number of carbonyl (C=O) groups excluding carboxylic acids is 1. The molecule has 0 saturated carbocycles. The number of H-pyrrole nitrogens is 1. The fraction of sp³-hybridized carbons (Fsp3) is 0.0769. The van der Waals surface area contributed by atoms with Crippen molar-refractivity contribution in [3.8, 4) is 17.2 Å². The van der Waals surface area contributed by atoms with Crippen LogP contribution in [-0.4, -0.2) is 22.8 Å². The van der Waals surface area contributed by atoms with Gasteiger partial charge in [-0.1, -0.05) is 0 Å². The van der Waals surface area contributed by atoms with Gasteiger partial charge in [0, 0.05) is 24.0 Å². The molecule has 0 unspecified atom stereocenters. The van der Waals surface area contributed by atoms with Gasteiger partial charge in [-0.05, 0) is 12.1 Å². The van der Waals surface area contributed by atoms with E-state index < -0.39 is 11.5 Å². The standard InChI is InChI=1S/C13H10N2O5/c16-9-4-12(17)14-5-8(9)13(18)15-7-1-2-10-11(3-7)20-6-19-10/h1-5H,6H2,(H,15,18)(H2,14,16,17). The molecule has 0 radical (unpaired) electrons. The van der Waals surface area contributed by atoms with Crippen LogP contribution in [0.25, 0.3) is 0 Å². The van der Waals surface area contributed by atoms with Gasteiger partial charge >= 0.3 is 0 Å². The van der Waals surface area contributed by atoms with Crippen molar-refractivity contribution < 1.29 is 19.4 Å². The zero-order valence-corrected chi connectivity index (χ0v) is 10.2. The molecular formula is C13H10N2O5. The van der Waals surface area contributed by atoms with E-state index in [0.717, 1.165) is 12.3 Å². The Morgan fingerprint density at radius 3 is 2.85 bits per heavy atom. The predicted octanol–water partition coefficient (Wildman–Crippen LogP) is 1.06. The highest BCUT2D eigenvalue weighted by molar-refractivity contribution is 6.06. The third-order valence-corrected chi connectivity index (χ3v) is 2.78. The van der Waals surface area contributed by atoms with Crippen LogP contribution in [0.4, 0.5) is 5.69 Å². The van der Waals surface area contributed by atoms with Crippen LogP contribution in [0.15, 0.2) is 35.3 Å². The smallest absolute Gasteiger partial charge is 0.260 e. The molecule has 20 heavy (non-hydrogen) atoms. The fourth-order valence-corrected chi connectivity index (χ4v) is 1.82. The molecule has 0 aliphatic carbocycles. The predicted molar refractivity (Wildman–Crippen MR) is 69.2 cm³/mol. The number of anilines is 1. The van der Waals surface area contributed by atoms with Gasteiger partial charge in [-0.15, -0.1) is 0 Å². The Morgan fingerprint density at radius 2 is 2.05 bits per heavy atom. The second kappa shape index (κ2) is 4.61. The van der Waals surface area contributed by atoms with E-state index in [1.807, 2.05) is 0 Å². The van der Waals surface area contributed by atoms with Crippen molar-refractivity contribution >= 4 is 11.6 Å². The number of amides is 1. The minimum Gasteiger partial charge on any atom is -0.507 e. The lowest BCUT2D eigenvalue weighted by molar-refractivity contribution is 0.102. The number of benzene rings is 1. The lowest BCUT2D eigenvalue weighted by atomic mass is 10.2. The SMILES string of the molecule is O=C(Nc1ccc2c(c1)OCO2)c1c[nH]c(=O)cc1O. The van der Waals surface area contributed by atoms with Gasteiger partial charge in [-0.25, -0.2) is 0 Å². The van der Waals surface area contributed by atoms with Crippen LogP contribution < -0.4 is 20.3 Å². The number of ether oxygens (including phenoxy) is 2. The molecule has 7 heteroatoms. The molecule has 0 fully saturated rings. The third-order valence-electron chi connectivity index (χ3n) is 2.78. The summed E-state index contributed by atoms with van der Waals surface area (Å²) in [7, 11) is 0. The summed E-state index contributed by atoms with van der Waals surface area (Å²) in [4.78, 5) is 25.3. The van der Waals surface area contributed by atoms with Crippen LogP contribution in [0.3, 0.4) is 0 Å². The Kier molecular flexibility index (Phi) is 2.79. The van der Waals surface area contributed by atoms with Crippen molar-refractivity contribution in [2.24, 2.45) is 0 Å². The van der Waals surface area contributed by atoms with Crippen LogP contribution in [0.5, 0.6) is 17.2 Å². The first-order valence-electron chi connectivity index (χ1n) is 5.76. The first-order chi connectivity index (χ1) is 9.63. The van der Waals surface area contributed by atoms with Gasteiger partial charge < -0.3 is 24.9 Å². The number of aromatic amines is 1. The first-order valence-corrected chi connectivity index (χ1v) is 5.76. The molecule has 2 aromatic rings. The van der Waals surface area contributed by atoms with E-state index in [1.54, 1.807) is 18.2 Å². The highest BCUT2D eigenvalue weighted by atomic mass is 16.7. The van der Waals surface area contributed by atoms with Crippen molar-refractivity contribution in [3.63, 3.8) is 0 Å². The largest absolute Gasteiger partial charge is 0.507 e. The quantitative estimate of drug-likeness (QED) is 0.760. The molecule has 3 N–H and O–H groups in total. The number of hydrogen-bond donors (Lipinski definition) is 3. The number of carbonyl (C=O) groups is 1. The maximum atomic E-state index is 12.0. The summed E-state index contributed by atoms with van der Waals surface area (Å²) in [5.74, 6) is 0.216. The van der Waals surface area contributed by atoms with Gasteiger partial charge in [0.2, 0.25) is 6.79 Å². The van der Waals surface area contributed by atoms with Crippen molar-refractivity contribution in [1.82, 2.24) is 4.98 Å². The average molecular weight is 274 g/mol. The molecule has 1 aromatic heterocycles. The highest BCUT2D eigenvalue weighted by Gasteiger charge is 2.16. The number of hydrogen-bond acceptors (Lipinski definition) is 5. The lowest BCUT2D eigenvalue weighted by Gasteiger charge is -2.07. The normalized spacial score (nSPS) is 12.2. The maximum Gasteiger partial charge on any atom is 0.260 e. The first kappa shape index (κ1) is 12.1. The van der Waals surface area contributed by atoms with Crippen LogP contribution in [-0.2, 0) is 0 Å². The molecule has 0 bridgehead atoms. The van der Waals surface area contributed by atoms with Gasteiger partial charge in [-0.2, -0.15) is 0 Å². The van der Waals surface area contributed by atoms with Crippen molar-refractivity contribution in [1.29, 1.82) is 0 Å². The van der Waals surface area contributed by atoms with Crippen LogP contribution in [0.1, 0.15) is 10.4 Å². The monoisotopic (exact) mass is 274 g/mol. The van der Waals surface area contributed by atoms with E-state index in [2.05, 4.69) is 10.3 Å². The number of pyridine rings is 1. The van der Waals surface area contributed by atoms with Crippen molar-refractivity contribution in [3.05, 3.63) is 46.4 Å². The summed E-state index contributed by atoms with van der Waals surface area (Å²) in [5, 5.41) is 12.2. The molecule has 0 spiro atoms. The zero-order valence-electron chi connectivity index (χ0n) is 10.2. The van der Waals surface area contributed by atoms with Gasteiger partial charge in [0.15, 0.2) is 11.5 Å². The Balaban J connectivity index is 1.84. The van der Waals surface area contributed by atoms with E-state index in [0.29, 0.717) is 17.2 Å². The Hall–Kier alpha value is -2.96. The summed E-state index contributed by atoms with van der Waals surface area (Å²) in [5.41, 5.74) is -0.0192. The summed E-state index contributed by atoms with van der Waals surface area (Å²) < 4.78 is 10.4. The molecule has 3 rings (SSSR count). The molecule has 2 heterocycles. The second-order valence-corrected chi connectivity index (χ2v) is 4.12. The number of aromatic hydroxyl groups is 1. The van der Waals surface area contributed by atoms with Crippen LogP contribution >= 0.6 is 0 Å². The summed E-state index contributed by atoms with van der Waals surface area (Å²) in [6, 6.07) is 5.87. The Labute approximate surface area is 112 Å². The molecular weight excluding hydrogens is 264 g/mol. The van der Waals surface area contributed by atoms with E-state index in [9.17, 15) is 14.7 Å². The minimum atomic E-state index is -0.544. The van der Waals surface area contributed by atoms with Crippen molar-refractivity contribution in [2.75, 3.05) is 12.1 Å². The third kappa shape index (κ3) is 2.16. The summed E-state index contributed by atoms with van der Waals surface area (Å²) in [6.07, 6.45) is 1.15. The van der Waals surface area contributed by atoms with Gasteiger partial charge in [0.25, 0.3) is 11.5 Å². The van der Waals surface area contributed by atoms with E-state index >= 15 is 0 Å². The zero-order chi connectivity index (χ0) is 14.1. The summed E-state index contributed by atoms with van der Waals surface area (Å²) in [6.45, 7) is 0.146. The summed E-state index contributed by atoms with van der Waals surface area (Å²) >= 11 is 0. The van der Waals surface area contributed by atoms with Gasteiger partial charge in [0.05, 0.1) is 5.56 Å². The van der Waals surface area contributed by atoms with Crippen molar-refractivity contribution in [2.45, 2.75) is 0 Å². The highest BCUT2D eigenvalue weighted by Crippen LogP contribution is 2.34. The molecule has 0 atom stereocenters. The molecule has 1 aliphatic heterocycles. The fourth-order valence-electron chi connectivity index (χ4n) is 1.82. The van der Waals surface area contributed by atoms with Crippen LogP contribution in [0.2, 0.25) is 0 Å². The molecule has 7 nitrogen and oxygen atoms in total. The Bertz CT molecular complexity index is 738. The van der Waals surface area contributed by atoms with Gasteiger partial charge in [-0.3, -0.25) is 9.59 Å². The molecule has 1 amide bonds. The molecule has 1 aliphatic rings. The lowest BCUT2D eigenvalue weighted by Crippen LogP contribution is -2.15. The topological polar surface area (TPSA) is 101 Å². The molecule has 102 valence electrons. The van der Waals surface area contributed by atoms with Gasteiger partial charge in [0.1, 0.15) is 5.75 Å². The number of fused-ring (bicyclic) bond motifs is 1. The number of aromatic nitrogens is 1. The number of rotatable bonds is 2. The van der Waals surface area contributed by atoms with Crippen LogP contribution in [0, 0.1) is 0 Å². The minimum absolute atomic E-state index is 0.0257. The maximum absolute atomic E-state index is 12.0. The van der Waals surface area contributed by atoms with E-state index in [4.69, 9.17) is 9.47 Å². The second-order valence-electron chi connectivity index (χ2n) is 4.12. The molecule has 0 saturated heterocycles. The average Bonchev–Trinajstić information content (AvgIpc) is 2.85. The Morgan fingerprint density at radius 1 is 1.25 bits per heavy atom. The molecule has 1 aromatic carbocycles. The number of nitrogens with one attached hydrogen (secondary N) is 2.